The first-order chi connectivity index (χ1) is 14.7. The molecule has 6 nitrogen and oxygen atoms in total. The molecule has 2 aromatic heterocycles. The van der Waals surface area contributed by atoms with Crippen LogP contribution in [0.3, 0.4) is 0 Å². The summed E-state index contributed by atoms with van der Waals surface area (Å²) in [6, 6.07) is 15.2. The largest absolute Gasteiger partial charge is 0.347 e. The van der Waals surface area contributed by atoms with E-state index < -0.39 is 0 Å². The van der Waals surface area contributed by atoms with Crippen LogP contribution in [-0.2, 0) is 13.1 Å². The summed E-state index contributed by atoms with van der Waals surface area (Å²) in [5, 5.41) is 4.79. The molecule has 0 aliphatic carbocycles. The lowest BCUT2D eigenvalue weighted by Crippen LogP contribution is -2.48. The third-order valence-electron chi connectivity index (χ3n) is 5.21. The second kappa shape index (κ2) is 9.65. The van der Waals surface area contributed by atoms with Gasteiger partial charge in [0.15, 0.2) is 0 Å². The molecule has 1 aromatic carbocycles. The highest BCUT2D eigenvalue weighted by molar-refractivity contribution is 7.12. The van der Waals surface area contributed by atoms with Gasteiger partial charge in [-0.25, -0.2) is 0 Å². The van der Waals surface area contributed by atoms with Crippen molar-refractivity contribution >= 4 is 23.2 Å². The molecular formula is C23H24N4O2S. The number of aromatic nitrogens is 1. The Bertz CT molecular complexity index is 966. The summed E-state index contributed by atoms with van der Waals surface area (Å²) in [4.78, 5) is 33.9. The SMILES string of the molecule is O=C(NCc1ccc(C(=O)N2CCN(Cc3ccncc3)CC2)cc1)c1cccs1. The molecule has 3 heterocycles. The van der Waals surface area contributed by atoms with Gasteiger partial charge in [0, 0.05) is 57.2 Å². The lowest BCUT2D eigenvalue weighted by molar-refractivity contribution is 0.0628. The Morgan fingerprint density at radius 2 is 1.67 bits per heavy atom. The summed E-state index contributed by atoms with van der Waals surface area (Å²) in [5.74, 6) is -0.0116. The van der Waals surface area contributed by atoms with Gasteiger partial charge in [0.25, 0.3) is 11.8 Å². The summed E-state index contributed by atoms with van der Waals surface area (Å²) in [7, 11) is 0. The summed E-state index contributed by atoms with van der Waals surface area (Å²) in [6.07, 6.45) is 3.62. The Morgan fingerprint density at radius 1 is 0.933 bits per heavy atom. The molecule has 4 rings (SSSR count). The number of nitrogens with one attached hydrogen (secondary N) is 1. The van der Waals surface area contributed by atoms with Gasteiger partial charge < -0.3 is 10.2 Å². The molecule has 7 heteroatoms. The topological polar surface area (TPSA) is 65.5 Å². The maximum Gasteiger partial charge on any atom is 0.261 e. The van der Waals surface area contributed by atoms with Crippen LogP contribution in [0.5, 0.6) is 0 Å². The summed E-state index contributed by atoms with van der Waals surface area (Å²) in [6.45, 7) is 4.50. The molecule has 154 valence electrons. The molecular weight excluding hydrogens is 396 g/mol. The minimum atomic E-state index is -0.0743. The molecule has 0 bridgehead atoms. The number of nitrogens with zero attached hydrogens (tertiary/aromatic N) is 3. The van der Waals surface area contributed by atoms with Gasteiger partial charge >= 0.3 is 0 Å². The van der Waals surface area contributed by atoms with Crippen LogP contribution in [-0.4, -0.2) is 52.8 Å². The number of benzene rings is 1. The molecule has 0 radical (unpaired) electrons. The predicted molar refractivity (Wildman–Crippen MR) is 117 cm³/mol. The zero-order valence-corrected chi connectivity index (χ0v) is 17.5. The first-order valence-electron chi connectivity index (χ1n) is 10.0. The molecule has 0 saturated carbocycles. The predicted octanol–water partition coefficient (Wildman–Crippen LogP) is 3.03. The monoisotopic (exact) mass is 420 g/mol. The van der Waals surface area contributed by atoms with Crippen molar-refractivity contribution in [3.63, 3.8) is 0 Å². The summed E-state index contributed by atoms with van der Waals surface area (Å²) < 4.78 is 0. The number of carbonyl (C=O) groups excluding carboxylic acids is 2. The van der Waals surface area contributed by atoms with Crippen molar-refractivity contribution in [1.29, 1.82) is 0 Å². The van der Waals surface area contributed by atoms with E-state index in [-0.39, 0.29) is 11.8 Å². The Balaban J connectivity index is 1.26. The van der Waals surface area contributed by atoms with E-state index in [9.17, 15) is 9.59 Å². The maximum atomic E-state index is 12.8. The first kappa shape index (κ1) is 20.3. The molecule has 1 aliphatic heterocycles. The van der Waals surface area contributed by atoms with Crippen LogP contribution in [0.15, 0.2) is 66.3 Å². The minimum Gasteiger partial charge on any atom is -0.347 e. The molecule has 1 fully saturated rings. The fraction of sp³-hybridized carbons (Fsp3) is 0.261. The molecule has 1 saturated heterocycles. The highest BCUT2D eigenvalue weighted by Gasteiger charge is 2.22. The Kier molecular flexibility index (Phi) is 6.51. The van der Waals surface area contributed by atoms with Gasteiger partial charge in [-0.1, -0.05) is 18.2 Å². The van der Waals surface area contributed by atoms with Crippen LogP contribution in [0, 0.1) is 0 Å². The van der Waals surface area contributed by atoms with E-state index in [1.807, 2.05) is 65.1 Å². The normalized spacial score (nSPS) is 14.5. The molecule has 1 N–H and O–H groups in total. The molecule has 0 atom stereocenters. The van der Waals surface area contributed by atoms with Gasteiger partial charge in [0.1, 0.15) is 0 Å². The number of rotatable bonds is 6. The highest BCUT2D eigenvalue weighted by Crippen LogP contribution is 2.13. The number of thiophene rings is 1. The lowest BCUT2D eigenvalue weighted by atomic mass is 10.1. The molecule has 0 unspecified atom stereocenters. The lowest BCUT2D eigenvalue weighted by Gasteiger charge is -2.34. The van der Waals surface area contributed by atoms with Crippen molar-refractivity contribution in [2.45, 2.75) is 13.1 Å². The zero-order valence-electron chi connectivity index (χ0n) is 16.7. The van der Waals surface area contributed by atoms with E-state index in [1.54, 1.807) is 6.07 Å². The minimum absolute atomic E-state index is 0.0627. The Hall–Kier alpha value is -3.03. The molecule has 30 heavy (non-hydrogen) atoms. The van der Waals surface area contributed by atoms with Gasteiger partial charge in [-0.15, -0.1) is 11.3 Å². The van der Waals surface area contributed by atoms with Crippen molar-refractivity contribution in [2.24, 2.45) is 0 Å². The van der Waals surface area contributed by atoms with Gasteiger partial charge in [0.2, 0.25) is 0 Å². The Morgan fingerprint density at radius 3 is 2.33 bits per heavy atom. The zero-order chi connectivity index (χ0) is 20.8. The number of piperazine rings is 1. The van der Waals surface area contributed by atoms with Crippen molar-refractivity contribution in [3.05, 3.63) is 87.9 Å². The van der Waals surface area contributed by atoms with E-state index in [1.165, 1.54) is 16.9 Å². The van der Waals surface area contributed by atoms with Crippen LogP contribution in [0.1, 0.15) is 31.2 Å². The smallest absolute Gasteiger partial charge is 0.261 e. The van der Waals surface area contributed by atoms with Crippen LogP contribution in [0.4, 0.5) is 0 Å². The first-order valence-corrected chi connectivity index (χ1v) is 10.9. The molecule has 3 aromatic rings. The number of amides is 2. The van der Waals surface area contributed by atoms with Gasteiger partial charge in [0.05, 0.1) is 4.88 Å². The average molecular weight is 421 g/mol. The van der Waals surface area contributed by atoms with Crippen molar-refractivity contribution in [2.75, 3.05) is 26.2 Å². The van der Waals surface area contributed by atoms with Crippen LogP contribution in [0.25, 0.3) is 0 Å². The summed E-state index contributed by atoms with van der Waals surface area (Å²) >= 11 is 1.42. The fourth-order valence-corrected chi connectivity index (χ4v) is 4.12. The number of pyridine rings is 1. The average Bonchev–Trinajstić information content (AvgIpc) is 3.34. The van der Waals surface area contributed by atoms with Crippen LogP contribution >= 0.6 is 11.3 Å². The second-order valence-corrected chi connectivity index (χ2v) is 8.23. The van der Waals surface area contributed by atoms with Gasteiger partial charge in [-0.05, 0) is 46.8 Å². The number of carbonyl (C=O) groups is 2. The standard InChI is InChI=1S/C23H24N4O2S/c28-22(21-2-1-15-30-21)25-16-18-3-5-20(6-4-18)23(29)27-13-11-26(12-14-27)17-19-7-9-24-10-8-19/h1-10,15H,11-14,16-17H2,(H,25,28). The van der Waals surface area contributed by atoms with Gasteiger partial charge in [-0.2, -0.15) is 0 Å². The fourth-order valence-electron chi connectivity index (χ4n) is 3.48. The quantitative estimate of drug-likeness (QED) is 0.666. The van der Waals surface area contributed by atoms with E-state index in [2.05, 4.69) is 15.2 Å². The third kappa shape index (κ3) is 5.11. The molecule has 0 spiro atoms. The van der Waals surface area contributed by atoms with E-state index >= 15 is 0 Å². The highest BCUT2D eigenvalue weighted by atomic mass is 32.1. The van der Waals surface area contributed by atoms with E-state index in [0.29, 0.717) is 17.0 Å². The maximum absolute atomic E-state index is 12.8. The van der Waals surface area contributed by atoms with Crippen LogP contribution in [0.2, 0.25) is 0 Å². The second-order valence-electron chi connectivity index (χ2n) is 7.28. The molecule has 2 amide bonds. The van der Waals surface area contributed by atoms with Crippen LogP contribution < -0.4 is 5.32 Å². The Labute approximate surface area is 180 Å². The number of hydrogen-bond donors (Lipinski definition) is 1. The molecule has 1 aliphatic rings. The van der Waals surface area contributed by atoms with E-state index in [0.717, 1.165) is 38.3 Å². The summed E-state index contributed by atoms with van der Waals surface area (Å²) in [5.41, 5.74) is 2.90. The number of hydrogen-bond acceptors (Lipinski definition) is 5. The van der Waals surface area contributed by atoms with E-state index in [4.69, 9.17) is 0 Å². The third-order valence-corrected chi connectivity index (χ3v) is 6.08. The van der Waals surface area contributed by atoms with Gasteiger partial charge in [-0.3, -0.25) is 19.5 Å². The van der Waals surface area contributed by atoms with Crippen molar-refractivity contribution in [1.82, 2.24) is 20.1 Å². The van der Waals surface area contributed by atoms with Crippen molar-refractivity contribution in [3.8, 4) is 0 Å². The van der Waals surface area contributed by atoms with Crippen molar-refractivity contribution < 1.29 is 9.59 Å².